The molecule has 2 aromatic rings. The molecule has 2 aromatic carbocycles. The lowest BCUT2D eigenvalue weighted by molar-refractivity contribution is -0.128. The van der Waals surface area contributed by atoms with Crippen LogP contribution in [0.5, 0.6) is 5.75 Å². The third-order valence-corrected chi connectivity index (χ3v) is 5.30. The van der Waals surface area contributed by atoms with Crippen LogP contribution in [0, 0.1) is 0 Å². The van der Waals surface area contributed by atoms with E-state index in [0.29, 0.717) is 44.8 Å². The van der Waals surface area contributed by atoms with Crippen molar-refractivity contribution < 1.29 is 19.4 Å². The first-order valence-electron chi connectivity index (χ1n) is 10.9. The Kier molecular flexibility index (Phi) is 9.21. The second-order valence-corrected chi connectivity index (χ2v) is 7.61. The number of benzene rings is 2. The van der Waals surface area contributed by atoms with Crippen molar-refractivity contribution in [3.05, 3.63) is 65.7 Å². The van der Waals surface area contributed by atoms with Gasteiger partial charge in [0.05, 0.1) is 25.5 Å². The molecule has 8 nitrogen and oxygen atoms in total. The molecule has 32 heavy (non-hydrogen) atoms. The molecule has 3 N–H and O–H groups in total. The van der Waals surface area contributed by atoms with Crippen LogP contribution < -0.4 is 10.7 Å². The van der Waals surface area contributed by atoms with E-state index in [9.17, 15) is 14.7 Å². The summed E-state index contributed by atoms with van der Waals surface area (Å²) in [6.45, 7) is 3.17. The molecule has 0 aromatic heterocycles. The molecule has 170 valence electrons. The molecule has 0 radical (unpaired) electrons. The van der Waals surface area contributed by atoms with E-state index in [2.05, 4.69) is 20.7 Å². The Labute approximate surface area is 188 Å². The monoisotopic (exact) mass is 438 g/mol. The van der Waals surface area contributed by atoms with Crippen LogP contribution in [0.25, 0.3) is 0 Å². The average molecular weight is 439 g/mol. The van der Waals surface area contributed by atoms with Crippen molar-refractivity contribution in [1.29, 1.82) is 0 Å². The third kappa shape index (κ3) is 7.47. The molecule has 1 heterocycles. The van der Waals surface area contributed by atoms with Gasteiger partial charge in [0.1, 0.15) is 5.75 Å². The molecule has 0 aliphatic carbocycles. The highest BCUT2D eigenvalue weighted by Gasteiger charge is 2.26. The minimum atomic E-state index is -0.305. The number of morpholine rings is 1. The Hall–Kier alpha value is -3.23. The molecule has 3 rings (SSSR count). The minimum Gasteiger partial charge on any atom is -0.508 e. The number of aromatic hydroxyl groups is 1. The molecule has 8 heteroatoms. The maximum atomic E-state index is 12.8. The van der Waals surface area contributed by atoms with Gasteiger partial charge in [0, 0.05) is 25.2 Å². The van der Waals surface area contributed by atoms with Gasteiger partial charge in [-0.3, -0.25) is 14.5 Å². The number of nitrogens with zero attached hydrogens (tertiary/aromatic N) is 2. The zero-order valence-electron chi connectivity index (χ0n) is 18.1. The molecule has 1 fully saturated rings. The molecular weight excluding hydrogens is 408 g/mol. The lowest BCUT2D eigenvalue weighted by atomic mass is 10.1. The molecule has 0 unspecified atom stereocenters. The quantitative estimate of drug-likeness (QED) is 0.300. The fourth-order valence-electron chi connectivity index (χ4n) is 3.53. The standard InChI is InChI=1S/C24H30N4O4/c29-21-11-9-19(10-12-21)18-26-27-24(31)22(28-14-16-32-17-15-28)8-4-5-13-25-23(30)20-6-2-1-3-7-20/h1-3,6-7,9-12,18,22,29H,4-5,8,13-17H2,(H,25,30)(H,27,31)/b26-18+/t22-/m0/s1. The molecule has 1 aliphatic rings. The van der Waals surface area contributed by atoms with Crippen LogP contribution in [-0.2, 0) is 9.53 Å². The molecule has 1 saturated heterocycles. The highest BCUT2D eigenvalue weighted by Crippen LogP contribution is 2.12. The molecule has 1 aliphatic heterocycles. The second kappa shape index (κ2) is 12.6. The van der Waals surface area contributed by atoms with Gasteiger partial charge in [0.15, 0.2) is 0 Å². The van der Waals surface area contributed by atoms with E-state index < -0.39 is 0 Å². The van der Waals surface area contributed by atoms with Gasteiger partial charge < -0.3 is 15.2 Å². The van der Waals surface area contributed by atoms with E-state index in [-0.39, 0.29) is 23.6 Å². The van der Waals surface area contributed by atoms with Crippen LogP contribution in [0.2, 0.25) is 0 Å². The topological polar surface area (TPSA) is 103 Å². The van der Waals surface area contributed by atoms with Crippen LogP contribution in [-0.4, -0.2) is 66.9 Å². The van der Waals surface area contributed by atoms with Gasteiger partial charge in [-0.1, -0.05) is 18.2 Å². The van der Waals surface area contributed by atoms with Crippen molar-refractivity contribution in [2.24, 2.45) is 5.10 Å². The van der Waals surface area contributed by atoms with Gasteiger partial charge in [-0.2, -0.15) is 5.10 Å². The Morgan fingerprint density at radius 2 is 1.78 bits per heavy atom. The number of hydrogen-bond acceptors (Lipinski definition) is 6. The lowest BCUT2D eigenvalue weighted by Gasteiger charge is -2.33. The van der Waals surface area contributed by atoms with E-state index in [1.807, 2.05) is 18.2 Å². The number of amides is 2. The Bertz CT molecular complexity index is 881. The summed E-state index contributed by atoms with van der Waals surface area (Å²) < 4.78 is 5.42. The molecule has 0 spiro atoms. The summed E-state index contributed by atoms with van der Waals surface area (Å²) in [6.07, 6.45) is 3.80. The maximum Gasteiger partial charge on any atom is 0.257 e. The summed E-state index contributed by atoms with van der Waals surface area (Å²) in [6, 6.07) is 15.4. The number of hydrogen-bond donors (Lipinski definition) is 3. The molecule has 2 amide bonds. The summed E-state index contributed by atoms with van der Waals surface area (Å²) in [7, 11) is 0. The van der Waals surface area contributed by atoms with Crippen LogP contribution in [0.1, 0.15) is 35.2 Å². The smallest absolute Gasteiger partial charge is 0.257 e. The van der Waals surface area contributed by atoms with Gasteiger partial charge in [-0.05, 0) is 61.2 Å². The summed E-state index contributed by atoms with van der Waals surface area (Å²) in [4.78, 5) is 27.1. The number of nitrogens with one attached hydrogen (secondary N) is 2. The van der Waals surface area contributed by atoms with Crippen molar-refractivity contribution >= 4 is 18.0 Å². The van der Waals surface area contributed by atoms with Crippen molar-refractivity contribution in [2.75, 3.05) is 32.8 Å². The van der Waals surface area contributed by atoms with Crippen molar-refractivity contribution in [2.45, 2.75) is 25.3 Å². The Morgan fingerprint density at radius 1 is 1.06 bits per heavy atom. The Morgan fingerprint density at radius 3 is 2.50 bits per heavy atom. The lowest BCUT2D eigenvalue weighted by Crippen LogP contribution is -2.50. The number of carbonyl (C=O) groups is 2. The zero-order chi connectivity index (χ0) is 22.6. The van der Waals surface area contributed by atoms with Crippen LogP contribution >= 0.6 is 0 Å². The van der Waals surface area contributed by atoms with Crippen molar-refractivity contribution in [3.8, 4) is 5.75 Å². The number of carbonyl (C=O) groups excluding carboxylic acids is 2. The predicted molar refractivity (Wildman–Crippen MR) is 123 cm³/mol. The fourth-order valence-corrected chi connectivity index (χ4v) is 3.53. The van der Waals surface area contributed by atoms with Crippen LogP contribution in [0.4, 0.5) is 0 Å². The first-order valence-corrected chi connectivity index (χ1v) is 10.9. The van der Waals surface area contributed by atoms with Crippen molar-refractivity contribution in [3.63, 3.8) is 0 Å². The fraction of sp³-hybridized carbons (Fsp3) is 0.375. The molecular formula is C24H30N4O4. The number of rotatable bonds is 10. The minimum absolute atomic E-state index is 0.0864. The summed E-state index contributed by atoms with van der Waals surface area (Å²) >= 11 is 0. The summed E-state index contributed by atoms with van der Waals surface area (Å²) in [5.41, 5.74) is 4.06. The number of phenolic OH excluding ortho intramolecular Hbond substituents is 1. The number of hydrazone groups is 1. The maximum absolute atomic E-state index is 12.8. The number of ether oxygens (including phenoxy) is 1. The average Bonchev–Trinajstić information content (AvgIpc) is 2.83. The van der Waals surface area contributed by atoms with Crippen molar-refractivity contribution in [1.82, 2.24) is 15.6 Å². The van der Waals surface area contributed by atoms with Gasteiger partial charge in [-0.25, -0.2) is 5.43 Å². The predicted octanol–water partition coefficient (Wildman–Crippen LogP) is 2.14. The van der Waals surface area contributed by atoms with E-state index in [0.717, 1.165) is 18.4 Å². The number of phenols is 1. The van der Waals surface area contributed by atoms with Crippen LogP contribution in [0.3, 0.4) is 0 Å². The summed E-state index contributed by atoms with van der Waals surface area (Å²) in [5, 5.41) is 16.3. The van der Waals surface area contributed by atoms with Gasteiger partial charge >= 0.3 is 0 Å². The summed E-state index contributed by atoms with van der Waals surface area (Å²) in [5.74, 6) is -0.0644. The Balaban J connectivity index is 1.47. The molecule has 0 bridgehead atoms. The highest BCUT2D eigenvalue weighted by atomic mass is 16.5. The molecule has 0 saturated carbocycles. The van der Waals surface area contributed by atoms with E-state index in [4.69, 9.17) is 4.74 Å². The first-order chi connectivity index (χ1) is 15.6. The normalized spacial score (nSPS) is 15.4. The SMILES string of the molecule is O=C(NCCCC[C@@H](C(=O)N/N=C/c1ccc(O)cc1)N1CCOCC1)c1ccccc1. The highest BCUT2D eigenvalue weighted by molar-refractivity contribution is 5.94. The van der Waals surface area contributed by atoms with Crippen LogP contribution in [0.15, 0.2) is 59.7 Å². The van der Waals surface area contributed by atoms with Gasteiger partial charge in [0.25, 0.3) is 11.8 Å². The van der Waals surface area contributed by atoms with E-state index in [1.54, 1.807) is 42.6 Å². The van der Waals surface area contributed by atoms with Gasteiger partial charge in [0.2, 0.25) is 0 Å². The number of unbranched alkanes of at least 4 members (excludes halogenated alkanes) is 1. The zero-order valence-corrected chi connectivity index (χ0v) is 18.1. The first kappa shape index (κ1) is 23.4. The largest absolute Gasteiger partial charge is 0.508 e. The molecule has 1 atom stereocenters. The van der Waals surface area contributed by atoms with Gasteiger partial charge in [-0.15, -0.1) is 0 Å². The second-order valence-electron chi connectivity index (χ2n) is 7.61. The third-order valence-electron chi connectivity index (χ3n) is 5.30. The van der Waals surface area contributed by atoms with E-state index in [1.165, 1.54) is 0 Å². The van der Waals surface area contributed by atoms with E-state index >= 15 is 0 Å².